The molecule has 1 fully saturated rings. The van der Waals surface area contributed by atoms with E-state index in [2.05, 4.69) is 10.00 Å². The van der Waals surface area contributed by atoms with E-state index in [9.17, 15) is 5.11 Å². The largest absolute Gasteiger partial charge is 0.385 e. The molecule has 0 aliphatic carbocycles. The molecule has 4 nitrogen and oxygen atoms in total. The number of nitrogens with zero attached hydrogens (tertiary/aromatic N) is 3. The van der Waals surface area contributed by atoms with Crippen LogP contribution in [0, 0.1) is 0 Å². The highest BCUT2D eigenvalue weighted by Crippen LogP contribution is 2.37. The van der Waals surface area contributed by atoms with Crippen LogP contribution in [0.2, 0.25) is 10.0 Å². The SMILES string of the molecule is Cn1ncc(Cl)c1CN1CCC(O)(c2ccccc2Cl)CC1. The third kappa shape index (κ3) is 3.01. The van der Waals surface area contributed by atoms with E-state index < -0.39 is 5.60 Å². The summed E-state index contributed by atoms with van der Waals surface area (Å²) in [6.45, 7) is 2.33. The molecule has 1 aromatic heterocycles. The minimum Gasteiger partial charge on any atom is -0.385 e. The number of aromatic nitrogens is 2. The van der Waals surface area contributed by atoms with Crippen LogP contribution in [0.15, 0.2) is 30.5 Å². The highest BCUT2D eigenvalue weighted by molar-refractivity contribution is 6.31. The third-order valence-electron chi connectivity index (χ3n) is 4.44. The Bertz CT molecular complexity index is 644. The Morgan fingerprint density at radius 1 is 1.18 bits per heavy atom. The van der Waals surface area contributed by atoms with Crippen LogP contribution in [0.4, 0.5) is 0 Å². The summed E-state index contributed by atoms with van der Waals surface area (Å²) in [5.74, 6) is 0. The average Bonchev–Trinajstić information content (AvgIpc) is 2.82. The van der Waals surface area contributed by atoms with Crippen molar-refractivity contribution < 1.29 is 5.11 Å². The van der Waals surface area contributed by atoms with Gasteiger partial charge in [-0.25, -0.2) is 0 Å². The van der Waals surface area contributed by atoms with Gasteiger partial charge in [0.2, 0.25) is 0 Å². The lowest BCUT2D eigenvalue weighted by Gasteiger charge is -2.38. The number of rotatable bonds is 3. The van der Waals surface area contributed by atoms with E-state index in [1.807, 2.05) is 31.3 Å². The molecule has 0 saturated carbocycles. The minimum atomic E-state index is -0.842. The molecule has 1 N–H and O–H groups in total. The van der Waals surface area contributed by atoms with E-state index in [1.54, 1.807) is 10.9 Å². The summed E-state index contributed by atoms with van der Waals surface area (Å²) >= 11 is 12.4. The van der Waals surface area contributed by atoms with Gasteiger partial charge in [0.25, 0.3) is 0 Å². The summed E-state index contributed by atoms with van der Waals surface area (Å²) in [5.41, 5.74) is 0.991. The van der Waals surface area contributed by atoms with Crippen LogP contribution in [-0.2, 0) is 19.2 Å². The number of aryl methyl sites for hydroxylation is 1. The van der Waals surface area contributed by atoms with Gasteiger partial charge in [-0.1, -0.05) is 41.4 Å². The smallest absolute Gasteiger partial charge is 0.0935 e. The van der Waals surface area contributed by atoms with Crippen molar-refractivity contribution in [1.82, 2.24) is 14.7 Å². The first kappa shape index (κ1) is 15.8. The predicted molar refractivity (Wildman–Crippen MR) is 88.1 cm³/mol. The highest BCUT2D eigenvalue weighted by Gasteiger charge is 2.35. The maximum atomic E-state index is 10.9. The van der Waals surface area contributed by atoms with Gasteiger partial charge < -0.3 is 5.11 Å². The van der Waals surface area contributed by atoms with Gasteiger partial charge >= 0.3 is 0 Å². The molecule has 1 aliphatic heterocycles. The van der Waals surface area contributed by atoms with Crippen molar-refractivity contribution in [3.63, 3.8) is 0 Å². The lowest BCUT2D eigenvalue weighted by atomic mass is 9.84. The maximum Gasteiger partial charge on any atom is 0.0935 e. The molecule has 0 spiro atoms. The molecule has 0 radical (unpaired) electrons. The Hall–Kier alpha value is -1.07. The van der Waals surface area contributed by atoms with E-state index in [4.69, 9.17) is 23.2 Å². The molecule has 2 aromatic rings. The highest BCUT2D eigenvalue weighted by atomic mass is 35.5. The standard InChI is InChI=1S/C16H19Cl2N3O/c1-20-15(14(18)10-19-20)11-21-8-6-16(22,7-9-21)12-4-2-3-5-13(12)17/h2-5,10,22H,6-9,11H2,1H3. The van der Waals surface area contributed by atoms with E-state index in [1.165, 1.54) is 0 Å². The molecule has 0 atom stereocenters. The lowest BCUT2D eigenvalue weighted by Crippen LogP contribution is -2.42. The molecule has 1 aromatic carbocycles. The zero-order chi connectivity index (χ0) is 15.7. The van der Waals surface area contributed by atoms with Crippen LogP contribution in [0.1, 0.15) is 24.1 Å². The zero-order valence-corrected chi connectivity index (χ0v) is 14.0. The van der Waals surface area contributed by atoms with Crippen LogP contribution in [0.5, 0.6) is 0 Å². The molecule has 6 heteroatoms. The molecule has 0 bridgehead atoms. The number of hydrogen-bond acceptors (Lipinski definition) is 3. The lowest BCUT2D eigenvalue weighted by molar-refractivity contribution is -0.0280. The van der Waals surface area contributed by atoms with Crippen LogP contribution in [0.25, 0.3) is 0 Å². The van der Waals surface area contributed by atoms with Crippen LogP contribution >= 0.6 is 23.2 Å². The molecular weight excluding hydrogens is 321 g/mol. The predicted octanol–water partition coefficient (Wildman–Crippen LogP) is 3.21. The van der Waals surface area contributed by atoms with Crippen molar-refractivity contribution in [3.8, 4) is 0 Å². The Morgan fingerprint density at radius 2 is 1.86 bits per heavy atom. The zero-order valence-electron chi connectivity index (χ0n) is 12.5. The van der Waals surface area contributed by atoms with E-state index in [0.717, 1.165) is 30.9 Å². The van der Waals surface area contributed by atoms with E-state index in [-0.39, 0.29) is 0 Å². The molecule has 1 aliphatic rings. The molecule has 0 amide bonds. The Labute approximate surface area is 140 Å². The summed E-state index contributed by atoms with van der Waals surface area (Å²) in [6.07, 6.45) is 2.99. The van der Waals surface area contributed by atoms with Gasteiger partial charge in [0.15, 0.2) is 0 Å². The van der Waals surface area contributed by atoms with Crippen molar-refractivity contribution in [2.75, 3.05) is 13.1 Å². The number of benzene rings is 1. The monoisotopic (exact) mass is 339 g/mol. The summed E-state index contributed by atoms with van der Waals surface area (Å²) < 4.78 is 1.80. The Kier molecular flexibility index (Phi) is 4.46. The number of likely N-dealkylation sites (tertiary alicyclic amines) is 1. The first-order valence-corrected chi connectivity index (χ1v) is 8.11. The normalized spacial score (nSPS) is 18.5. The minimum absolute atomic E-state index is 0.633. The van der Waals surface area contributed by atoms with Crippen molar-refractivity contribution in [1.29, 1.82) is 0 Å². The molecular formula is C16H19Cl2N3O. The van der Waals surface area contributed by atoms with Crippen LogP contribution in [-0.4, -0.2) is 32.9 Å². The van der Waals surface area contributed by atoms with E-state index >= 15 is 0 Å². The first-order chi connectivity index (χ1) is 10.5. The molecule has 0 unspecified atom stereocenters. The van der Waals surface area contributed by atoms with Gasteiger partial charge in [0.1, 0.15) is 0 Å². The van der Waals surface area contributed by atoms with Gasteiger partial charge in [-0.2, -0.15) is 5.10 Å². The average molecular weight is 340 g/mol. The summed E-state index contributed by atoms with van der Waals surface area (Å²) in [6, 6.07) is 7.54. The number of halogens is 2. The second kappa shape index (κ2) is 6.20. The fourth-order valence-corrected chi connectivity index (χ4v) is 3.55. The first-order valence-electron chi connectivity index (χ1n) is 7.36. The fourth-order valence-electron chi connectivity index (χ4n) is 3.01. The van der Waals surface area contributed by atoms with Gasteiger partial charge in [0, 0.05) is 37.3 Å². The second-order valence-corrected chi connectivity index (χ2v) is 6.66. The number of piperidine rings is 1. The van der Waals surface area contributed by atoms with Crippen LogP contribution < -0.4 is 0 Å². The number of hydrogen-bond donors (Lipinski definition) is 1. The fraction of sp³-hybridized carbons (Fsp3) is 0.438. The molecule has 2 heterocycles. The number of aliphatic hydroxyl groups is 1. The topological polar surface area (TPSA) is 41.3 Å². The molecule has 3 rings (SSSR count). The maximum absolute atomic E-state index is 10.9. The Morgan fingerprint density at radius 3 is 2.45 bits per heavy atom. The van der Waals surface area contributed by atoms with Gasteiger partial charge in [-0.05, 0) is 18.9 Å². The molecule has 1 saturated heterocycles. The Balaban J connectivity index is 1.69. The second-order valence-electron chi connectivity index (χ2n) is 5.85. The molecule has 22 heavy (non-hydrogen) atoms. The summed E-state index contributed by atoms with van der Waals surface area (Å²) in [5, 5.41) is 16.4. The summed E-state index contributed by atoms with van der Waals surface area (Å²) in [4.78, 5) is 2.29. The van der Waals surface area contributed by atoms with Crippen molar-refractivity contribution in [2.24, 2.45) is 7.05 Å². The molecule has 118 valence electrons. The van der Waals surface area contributed by atoms with Gasteiger partial charge in [-0.15, -0.1) is 0 Å². The van der Waals surface area contributed by atoms with Gasteiger partial charge in [0.05, 0.1) is 22.5 Å². The van der Waals surface area contributed by atoms with Crippen molar-refractivity contribution >= 4 is 23.2 Å². The third-order valence-corrected chi connectivity index (χ3v) is 5.09. The van der Waals surface area contributed by atoms with Gasteiger partial charge in [-0.3, -0.25) is 9.58 Å². The van der Waals surface area contributed by atoms with Crippen molar-refractivity contribution in [2.45, 2.75) is 25.0 Å². The summed E-state index contributed by atoms with van der Waals surface area (Å²) in [7, 11) is 1.89. The van der Waals surface area contributed by atoms with Crippen molar-refractivity contribution in [3.05, 3.63) is 51.8 Å². The van der Waals surface area contributed by atoms with Crippen LogP contribution in [0.3, 0.4) is 0 Å². The quantitative estimate of drug-likeness (QED) is 0.933. The van der Waals surface area contributed by atoms with E-state index in [0.29, 0.717) is 22.9 Å².